The molecule has 0 unspecified atom stereocenters. The van der Waals surface area contributed by atoms with Gasteiger partial charge in [-0.15, -0.1) is 0 Å². The van der Waals surface area contributed by atoms with Crippen molar-refractivity contribution in [2.45, 2.75) is 109 Å². The Labute approximate surface area is 161 Å². The van der Waals surface area contributed by atoms with Crippen LogP contribution in [0.25, 0.3) is 0 Å². The van der Waals surface area contributed by atoms with Gasteiger partial charge in [-0.3, -0.25) is 0 Å². The number of hydrogen-bond acceptors (Lipinski definition) is 5. The summed E-state index contributed by atoms with van der Waals surface area (Å²) < 4.78 is 4.90. The molecule has 141 valence electrons. The molecule has 0 aliphatic rings. The number of unbranched alkanes of at least 4 members (excludes halogenated alkanes) is 10. The number of carbonyl (C=O) groups excluding carboxylic acids is 1. The number of hydrogen-bond donors (Lipinski definition) is 1. The van der Waals surface area contributed by atoms with Gasteiger partial charge >= 0.3 is 161 Å². The minimum absolute atomic E-state index is 0.530. The maximum atomic E-state index is 12.1. The summed E-state index contributed by atoms with van der Waals surface area (Å²) in [7, 11) is 0. The van der Waals surface area contributed by atoms with Gasteiger partial charge in [0.2, 0.25) is 0 Å². The van der Waals surface area contributed by atoms with Crippen molar-refractivity contribution in [3.63, 3.8) is 0 Å². The van der Waals surface area contributed by atoms with E-state index in [1.54, 1.807) is 0 Å². The van der Waals surface area contributed by atoms with E-state index in [2.05, 4.69) is 18.7 Å². The fourth-order valence-corrected chi connectivity index (χ4v) is 3.45. The van der Waals surface area contributed by atoms with Crippen LogP contribution in [0.1, 0.15) is 104 Å². The van der Waals surface area contributed by atoms with E-state index in [0.29, 0.717) is 12.8 Å². The quantitative estimate of drug-likeness (QED) is 0.142. The van der Waals surface area contributed by atoms with Crippen LogP contribution in [0.15, 0.2) is 0 Å². The zero-order valence-corrected chi connectivity index (χ0v) is 18.3. The fourth-order valence-electron chi connectivity index (χ4n) is 2.99. The molecule has 5 nitrogen and oxygen atoms in total. The SMILES string of the molecule is CCCCCCCCC(CCCCCCCC)(O[O][Sn])C(=O)OO. The second-order valence-electron chi connectivity index (χ2n) is 6.58. The third-order valence-corrected chi connectivity index (χ3v) is 4.76. The predicted octanol–water partition coefficient (Wildman–Crippen LogP) is 5.27. The first-order valence-electron chi connectivity index (χ1n) is 9.54. The Hall–Kier alpha value is 0.149. The summed E-state index contributed by atoms with van der Waals surface area (Å²) in [5, 5.41) is 8.86. The van der Waals surface area contributed by atoms with Gasteiger partial charge in [-0.25, -0.2) is 0 Å². The Bertz CT molecular complexity index is 283. The second-order valence-corrected chi connectivity index (χ2v) is 7.05. The standard InChI is InChI=1S/C18H36O5.Sn/c1-3-5-7-9-11-13-15-18(23-21,17(19)22-20)16-14-12-10-8-6-4-2;/h20-21H,3-16H2,1-2H3;/q;+1/p-1. The van der Waals surface area contributed by atoms with Crippen molar-refractivity contribution in [1.29, 1.82) is 0 Å². The van der Waals surface area contributed by atoms with E-state index in [9.17, 15) is 4.79 Å². The van der Waals surface area contributed by atoms with E-state index < -0.39 is 11.6 Å². The molecule has 0 amide bonds. The summed E-state index contributed by atoms with van der Waals surface area (Å²) in [4.78, 5) is 21.5. The van der Waals surface area contributed by atoms with Gasteiger partial charge in [-0.1, -0.05) is 0 Å². The van der Waals surface area contributed by atoms with Crippen LogP contribution < -0.4 is 0 Å². The molecule has 24 heavy (non-hydrogen) atoms. The molecule has 0 aliphatic heterocycles. The maximum absolute atomic E-state index is 12.1. The molecule has 0 heterocycles. The molecule has 0 fully saturated rings. The molecular formula is C18H35O5Sn. The Morgan fingerprint density at radius 1 is 0.833 bits per heavy atom. The summed E-state index contributed by atoms with van der Waals surface area (Å²) in [6.07, 6.45) is 14.6. The number of rotatable bonds is 17. The van der Waals surface area contributed by atoms with Crippen LogP contribution in [0.2, 0.25) is 0 Å². The van der Waals surface area contributed by atoms with Gasteiger partial charge in [0.05, 0.1) is 0 Å². The first-order chi connectivity index (χ1) is 11.7. The second kappa shape index (κ2) is 16.6. The van der Waals surface area contributed by atoms with Gasteiger partial charge in [-0.2, -0.15) is 0 Å². The van der Waals surface area contributed by atoms with Crippen LogP contribution in [0, 0.1) is 0 Å². The Kier molecular flexibility index (Phi) is 16.7. The van der Waals surface area contributed by atoms with Crippen LogP contribution in [-0.2, 0) is 17.8 Å². The average Bonchev–Trinajstić information content (AvgIpc) is 2.60. The molecule has 0 atom stereocenters. The molecule has 0 spiro atoms. The molecule has 0 aromatic carbocycles. The summed E-state index contributed by atoms with van der Waals surface area (Å²) in [6, 6.07) is 0. The Morgan fingerprint density at radius 3 is 1.62 bits per heavy atom. The van der Waals surface area contributed by atoms with E-state index in [1.807, 2.05) is 0 Å². The van der Waals surface area contributed by atoms with Gasteiger partial charge < -0.3 is 0 Å². The molecule has 0 rings (SSSR count). The average molecular weight is 450 g/mol. The molecule has 0 saturated heterocycles. The van der Waals surface area contributed by atoms with Gasteiger partial charge in [0, 0.05) is 0 Å². The van der Waals surface area contributed by atoms with Crippen molar-refractivity contribution in [3.05, 3.63) is 0 Å². The van der Waals surface area contributed by atoms with Crippen molar-refractivity contribution in [2.24, 2.45) is 0 Å². The predicted molar refractivity (Wildman–Crippen MR) is 95.4 cm³/mol. The van der Waals surface area contributed by atoms with Gasteiger partial charge in [-0.05, 0) is 0 Å². The van der Waals surface area contributed by atoms with Gasteiger partial charge in [0.1, 0.15) is 0 Å². The fraction of sp³-hybridized carbons (Fsp3) is 0.944. The summed E-state index contributed by atoms with van der Waals surface area (Å²) in [6.45, 7) is 4.38. The van der Waals surface area contributed by atoms with Crippen LogP contribution in [-0.4, -0.2) is 39.8 Å². The molecule has 0 aromatic heterocycles. The first kappa shape index (κ1) is 24.1. The molecule has 0 aromatic rings. The van der Waals surface area contributed by atoms with Crippen LogP contribution in [0.3, 0.4) is 0 Å². The molecule has 0 bridgehead atoms. The Balaban J connectivity index is 4.38. The first-order valence-corrected chi connectivity index (χ1v) is 10.7. The zero-order chi connectivity index (χ0) is 18.1. The van der Waals surface area contributed by atoms with E-state index >= 15 is 0 Å². The third kappa shape index (κ3) is 10.9. The van der Waals surface area contributed by atoms with E-state index in [-0.39, 0.29) is 0 Å². The zero-order valence-electron chi connectivity index (χ0n) is 15.5. The van der Waals surface area contributed by atoms with Gasteiger partial charge in [0.15, 0.2) is 0 Å². The monoisotopic (exact) mass is 451 g/mol. The van der Waals surface area contributed by atoms with E-state index in [1.165, 1.54) is 38.5 Å². The van der Waals surface area contributed by atoms with E-state index in [0.717, 1.165) is 61.5 Å². The molecule has 0 saturated carbocycles. The van der Waals surface area contributed by atoms with Crippen molar-refractivity contribution >= 4 is 28.9 Å². The van der Waals surface area contributed by atoms with Crippen molar-refractivity contribution in [3.8, 4) is 0 Å². The molecule has 1 N–H and O–H groups in total. The molecule has 3 radical (unpaired) electrons. The van der Waals surface area contributed by atoms with E-state index in [4.69, 9.17) is 13.4 Å². The minimum atomic E-state index is -1.16. The molecular weight excluding hydrogens is 415 g/mol. The third-order valence-electron chi connectivity index (χ3n) is 4.52. The molecule has 0 aliphatic carbocycles. The number of carbonyl (C=O) groups is 1. The van der Waals surface area contributed by atoms with Gasteiger partial charge in [0.25, 0.3) is 0 Å². The normalized spacial score (nSPS) is 11.7. The van der Waals surface area contributed by atoms with Crippen molar-refractivity contribution in [2.75, 3.05) is 0 Å². The topological polar surface area (TPSA) is 65.0 Å². The summed E-state index contributed by atoms with van der Waals surface area (Å²) in [5.74, 6) is -0.730. The Morgan fingerprint density at radius 2 is 1.25 bits per heavy atom. The van der Waals surface area contributed by atoms with Crippen molar-refractivity contribution < 1.29 is 23.1 Å². The summed E-state index contributed by atoms with van der Waals surface area (Å²) in [5.41, 5.74) is -1.16. The molecule has 6 heteroatoms. The summed E-state index contributed by atoms with van der Waals surface area (Å²) >= 11 is 0.735. The van der Waals surface area contributed by atoms with Crippen LogP contribution >= 0.6 is 0 Å². The van der Waals surface area contributed by atoms with Crippen LogP contribution in [0.4, 0.5) is 0 Å². The van der Waals surface area contributed by atoms with Crippen LogP contribution in [0.5, 0.6) is 0 Å². The van der Waals surface area contributed by atoms with Crippen molar-refractivity contribution in [1.82, 2.24) is 0 Å².